The Labute approximate surface area is 105 Å². The zero-order valence-corrected chi connectivity index (χ0v) is 11.6. The van der Waals surface area contributed by atoms with Gasteiger partial charge in [0.15, 0.2) is 0 Å². The van der Waals surface area contributed by atoms with Gasteiger partial charge in [-0.25, -0.2) is 0 Å². The first-order chi connectivity index (χ1) is 8.06. The molecule has 0 radical (unpaired) electrons. The molecule has 0 fully saturated rings. The Kier molecular flexibility index (Phi) is 9.68. The molecule has 5 heteroatoms. The number of rotatable bonds is 10. The van der Waals surface area contributed by atoms with E-state index in [0.717, 1.165) is 13.1 Å². The van der Waals surface area contributed by atoms with Gasteiger partial charge in [0.1, 0.15) is 0 Å². The predicted molar refractivity (Wildman–Crippen MR) is 69.0 cm³/mol. The van der Waals surface area contributed by atoms with Gasteiger partial charge < -0.3 is 20.3 Å². The van der Waals surface area contributed by atoms with Crippen molar-refractivity contribution in [2.45, 2.75) is 25.9 Å². The summed E-state index contributed by atoms with van der Waals surface area (Å²) >= 11 is 0. The topological polar surface area (TPSA) is 68.0 Å². The lowest BCUT2D eigenvalue weighted by Gasteiger charge is -2.35. The lowest BCUT2D eigenvalue weighted by atomic mass is 10.1. The Morgan fingerprint density at radius 3 is 2.29 bits per heavy atom. The minimum absolute atomic E-state index is 0.0426. The normalized spacial score (nSPS) is 15.5. The number of hydrogen-bond donors (Lipinski definition) is 2. The Morgan fingerprint density at radius 2 is 1.88 bits per heavy atom. The van der Waals surface area contributed by atoms with Gasteiger partial charge in [-0.15, -0.1) is 0 Å². The van der Waals surface area contributed by atoms with Crippen LogP contribution in [-0.2, 0) is 9.47 Å². The third-order valence-electron chi connectivity index (χ3n) is 2.69. The maximum Gasteiger partial charge on any atom is 0.0629 e. The number of nitrogens with zero attached hydrogens (tertiary/aromatic N) is 1. The summed E-state index contributed by atoms with van der Waals surface area (Å²) in [6.45, 7) is 7.10. The van der Waals surface area contributed by atoms with E-state index in [1.165, 1.54) is 0 Å². The van der Waals surface area contributed by atoms with Crippen LogP contribution in [0.5, 0.6) is 0 Å². The first kappa shape index (κ1) is 16.8. The predicted octanol–water partition coefficient (Wildman–Crippen LogP) is -0.0746. The molecule has 0 spiro atoms. The van der Waals surface area contributed by atoms with Crippen LogP contribution in [0.2, 0.25) is 0 Å². The van der Waals surface area contributed by atoms with Crippen LogP contribution in [0.25, 0.3) is 0 Å². The van der Waals surface area contributed by atoms with Gasteiger partial charge >= 0.3 is 0 Å². The summed E-state index contributed by atoms with van der Waals surface area (Å²) in [6.07, 6.45) is 0. The third-order valence-corrected chi connectivity index (χ3v) is 2.69. The zero-order chi connectivity index (χ0) is 13.3. The molecule has 0 saturated heterocycles. The van der Waals surface area contributed by atoms with Gasteiger partial charge in [-0.05, 0) is 5.92 Å². The first-order valence-corrected chi connectivity index (χ1v) is 6.15. The molecule has 0 rings (SSSR count). The fraction of sp³-hybridized carbons (Fsp3) is 1.00. The van der Waals surface area contributed by atoms with Gasteiger partial charge in [0.2, 0.25) is 0 Å². The van der Waals surface area contributed by atoms with Crippen LogP contribution >= 0.6 is 0 Å². The van der Waals surface area contributed by atoms with Crippen LogP contribution in [-0.4, -0.2) is 69.2 Å². The van der Waals surface area contributed by atoms with Crippen LogP contribution in [0.4, 0.5) is 0 Å². The van der Waals surface area contributed by atoms with Crippen molar-refractivity contribution in [3.05, 3.63) is 0 Å². The molecule has 0 aliphatic carbocycles. The number of aliphatic hydroxyl groups is 1. The van der Waals surface area contributed by atoms with E-state index in [1.807, 2.05) is 0 Å². The summed E-state index contributed by atoms with van der Waals surface area (Å²) in [4.78, 5) is 2.18. The molecule has 0 aromatic heterocycles. The van der Waals surface area contributed by atoms with Crippen LogP contribution in [0, 0.1) is 5.92 Å². The van der Waals surface area contributed by atoms with Crippen LogP contribution < -0.4 is 5.73 Å². The summed E-state index contributed by atoms with van der Waals surface area (Å²) in [7, 11) is 3.30. The number of hydrogen-bond acceptors (Lipinski definition) is 5. The minimum Gasteiger partial charge on any atom is -0.395 e. The summed E-state index contributed by atoms with van der Waals surface area (Å²) in [5, 5.41) is 9.49. The Balaban J connectivity index is 4.46. The lowest BCUT2D eigenvalue weighted by molar-refractivity contribution is 0.0456. The average Bonchev–Trinajstić information content (AvgIpc) is 2.26. The monoisotopic (exact) mass is 248 g/mol. The molecule has 0 aliphatic rings. The van der Waals surface area contributed by atoms with E-state index >= 15 is 0 Å². The smallest absolute Gasteiger partial charge is 0.0629 e. The van der Waals surface area contributed by atoms with Crippen molar-refractivity contribution in [2.24, 2.45) is 11.7 Å². The van der Waals surface area contributed by atoms with Crippen molar-refractivity contribution in [1.29, 1.82) is 0 Å². The molecular weight excluding hydrogens is 220 g/mol. The van der Waals surface area contributed by atoms with Gasteiger partial charge in [-0.2, -0.15) is 0 Å². The van der Waals surface area contributed by atoms with E-state index in [0.29, 0.717) is 19.1 Å². The van der Waals surface area contributed by atoms with Crippen molar-refractivity contribution in [3.8, 4) is 0 Å². The van der Waals surface area contributed by atoms with Crippen LogP contribution in [0.15, 0.2) is 0 Å². The maximum absolute atomic E-state index is 9.49. The zero-order valence-electron chi connectivity index (χ0n) is 11.6. The van der Waals surface area contributed by atoms with E-state index in [4.69, 9.17) is 15.2 Å². The van der Waals surface area contributed by atoms with Gasteiger partial charge in [0.05, 0.1) is 25.9 Å². The minimum atomic E-state index is -0.180. The fourth-order valence-corrected chi connectivity index (χ4v) is 1.90. The van der Waals surface area contributed by atoms with E-state index in [1.54, 1.807) is 14.2 Å². The van der Waals surface area contributed by atoms with Crippen molar-refractivity contribution in [2.75, 3.05) is 47.1 Å². The highest BCUT2D eigenvalue weighted by atomic mass is 16.5. The van der Waals surface area contributed by atoms with Crippen LogP contribution in [0.1, 0.15) is 13.8 Å². The van der Waals surface area contributed by atoms with Gasteiger partial charge in [0, 0.05) is 33.4 Å². The molecule has 104 valence electrons. The summed E-state index contributed by atoms with van der Waals surface area (Å²) < 4.78 is 10.1. The highest BCUT2D eigenvalue weighted by Crippen LogP contribution is 2.07. The second kappa shape index (κ2) is 9.79. The van der Waals surface area contributed by atoms with Crippen molar-refractivity contribution in [3.63, 3.8) is 0 Å². The highest BCUT2D eigenvalue weighted by molar-refractivity contribution is 4.82. The van der Waals surface area contributed by atoms with Crippen molar-refractivity contribution < 1.29 is 14.6 Å². The molecule has 0 aromatic carbocycles. The molecule has 0 aliphatic heterocycles. The Morgan fingerprint density at radius 1 is 1.24 bits per heavy atom. The molecule has 0 bridgehead atoms. The Hall–Kier alpha value is -0.200. The molecule has 5 nitrogen and oxygen atoms in total. The van der Waals surface area contributed by atoms with E-state index in [2.05, 4.69) is 18.7 Å². The summed E-state index contributed by atoms with van der Waals surface area (Å²) in [5.41, 5.74) is 6.02. The SMILES string of the molecule is COCCN(CC(C)C)C(CO)C(N)COC. The summed E-state index contributed by atoms with van der Waals surface area (Å²) in [5.74, 6) is 0.524. The van der Waals surface area contributed by atoms with Gasteiger partial charge in [-0.3, -0.25) is 4.90 Å². The molecule has 0 amide bonds. The fourth-order valence-electron chi connectivity index (χ4n) is 1.90. The number of nitrogens with two attached hydrogens (primary N) is 1. The molecule has 2 unspecified atom stereocenters. The largest absolute Gasteiger partial charge is 0.395 e. The molecule has 17 heavy (non-hydrogen) atoms. The van der Waals surface area contributed by atoms with Crippen LogP contribution in [0.3, 0.4) is 0 Å². The third kappa shape index (κ3) is 6.95. The molecule has 0 saturated carbocycles. The van der Waals surface area contributed by atoms with E-state index in [-0.39, 0.29) is 18.7 Å². The quantitative estimate of drug-likeness (QED) is 0.566. The molecule has 0 heterocycles. The Bertz CT molecular complexity index is 179. The average molecular weight is 248 g/mol. The van der Waals surface area contributed by atoms with E-state index < -0.39 is 0 Å². The highest BCUT2D eigenvalue weighted by Gasteiger charge is 2.24. The molecule has 2 atom stereocenters. The van der Waals surface area contributed by atoms with Gasteiger partial charge in [0.25, 0.3) is 0 Å². The number of ether oxygens (including phenoxy) is 2. The maximum atomic E-state index is 9.49. The number of methoxy groups -OCH3 is 2. The molecule has 0 aromatic rings. The van der Waals surface area contributed by atoms with Gasteiger partial charge in [-0.1, -0.05) is 13.8 Å². The van der Waals surface area contributed by atoms with Crippen molar-refractivity contribution >= 4 is 0 Å². The second-order valence-corrected chi connectivity index (χ2v) is 4.75. The van der Waals surface area contributed by atoms with Crippen molar-refractivity contribution in [1.82, 2.24) is 4.90 Å². The number of aliphatic hydroxyl groups excluding tert-OH is 1. The first-order valence-electron chi connectivity index (χ1n) is 6.15. The lowest BCUT2D eigenvalue weighted by Crippen LogP contribution is -2.53. The standard InChI is InChI=1S/C12H28N2O3/c1-10(2)7-14(5-6-16-3)12(8-15)11(13)9-17-4/h10-12,15H,5-9,13H2,1-4H3. The second-order valence-electron chi connectivity index (χ2n) is 4.75. The summed E-state index contributed by atoms with van der Waals surface area (Å²) in [6, 6.07) is -0.256. The van der Waals surface area contributed by atoms with E-state index in [9.17, 15) is 5.11 Å². The molecule has 3 N–H and O–H groups in total. The molecular formula is C12H28N2O3.